The van der Waals surface area contributed by atoms with Crippen molar-refractivity contribution in [2.75, 3.05) is 0 Å². The number of carboxylic acids is 1. The van der Waals surface area contributed by atoms with Crippen LogP contribution < -0.4 is 0 Å². The minimum atomic E-state index is -0.653. The largest absolute Gasteiger partial charge is 0.481 e. The van der Waals surface area contributed by atoms with Gasteiger partial charge in [0.25, 0.3) is 0 Å². The molecule has 0 fully saturated rings. The van der Waals surface area contributed by atoms with Crippen molar-refractivity contribution in [3.63, 3.8) is 0 Å². The highest BCUT2D eigenvalue weighted by molar-refractivity contribution is 5.66. The zero-order valence-electron chi connectivity index (χ0n) is 18.7. The molecule has 0 aliphatic carbocycles. The van der Waals surface area contributed by atoms with Gasteiger partial charge in [0.2, 0.25) is 0 Å². The van der Waals surface area contributed by atoms with Crippen molar-refractivity contribution in [3.8, 4) is 0 Å². The normalized spacial score (nSPS) is 9.36. The summed E-state index contributed by atoms with van der Waals surface area (Å²) in [4.78, 5) is 20.1. The highest BCUT2D eigenvalue weighted by Crippen LogP contribution is 2.13. The van der Waals surface area contributed by atoms with Gasteiger partial charge in [-0.25, -0.2) is 0 Å². The molecule has 0 radical (unpaired) electrons. The Labute approximate surface area is 174 Å². The maximum Gasteiger partial charge on any atom is 0.307 e. The maximum absolute atomic E-state index is 10.3. The van der Waals surface area contributed by atoms with Crippen LogP contribution in [-0.2, 0) is 14.3 Å². The van der Waals surface area contributed by atoms with Crippen LogP contribution in [-0.4, -0.2) is 17.0 Å². The SMILES string of the molecule is C=C.C=COC(C)=O.CCCCCCCCCCCCCCCCCC(=O)O. The molecule has 0 heterocycles. The van der Waals surface area contributed by atoms with E-state index in [4.69, 9.17) is 5.11 Å². The zero-order chi connectivity index (χ0) is 21.9. The summed E-state index contributed by atoms with van der Waals surface area (Å²) in [5.41, 5.74) is 0. The first-order valence-corrected chi connectivity index (χ1v) is 11.0. The van der Waals surface area contributed by atoms with Crippen LogP contribution in [0.25, 0.3) is 0 Å². The van der Waals surface area contributed by atoms with Crippen LogP contribution in [0.1, 0.15) is 117 Å². The van der Waals surface area contributed by atoms with Crippen molar-refractivity contribution >= 4 is 11.9 Å². The number of rotatable bonds is 17. The third-order valence-electron chi connectivity index (χ3n) is 4.24. The van der Waals surface area contributed by atoms with Crippen LogP contribution in [0.5, 0.6) is 0 Å². The van der Waals surface area contributed by atoms with Gasteiger partial charge in [-0.05, 0) is 6.42 Å². The first-order chi connectivity index (χ1) is 13.5. The van der Waals surface area contributed by atoms with E-state index < -0.39 is 5.97 Å². The molecule has 0 aromatic carbocycles. The third-order valence-corrected chi connectivity index (χ3v) is 4.24. The number of unbranched alkanes of at least 4 members (excludes halogenated alkanes) is 14. The van der Waals surface area contributed by atoms with Gasteiger partial charge in [0.05, 0.1) is 6.26 Å². The van der Waals surface area contributed by atoms with E-state index in [-0.39, 0.29) is 5.97 Å². The number of ether oxygens (including phenoxy) is 1. The molecule has 0 spiro atoms. The molecule has 0 bridgehead atoms. The first kappa shape index (κ1) is 31.1. The Bertz CT molecular complexity index is 339. The van der Waals surface area contributed by atoms with Gasteiger partial charge >= 0.3 is 11.9 Å². The number of carboxylic acid groups (broad SMARTS) is 1. The van der Waals surface area contributed by atoms with E-state index in [0.29, 0.717) is 6.42 Å². The summed E-state index contributed by atoms with van der Waals surface area (Å²) in [6.45, 7) is 12.7. The molecule has 0 aromatic heterocycles. The smallest absolute Gasteiger partial charge is 0.307 e. The molecule has 0 atom stereocenters. The lowest BCUT2D eigenvalue weighted by molar-refractivity contribution is -0.137. The fourth-order valence-electron chi connectivity index (χ4n) is 2.76. The van der Waals surface area contributed by atoms with Gasteiger partial charge in [0, 0.05) is 13.3 Å². The van der Waals surface area contributed by atoms with Crippen LogP contribution in [0.3, 0.4) is 0 Å². The quantitative estimate of drug-likeness (QED) is 0.117. The summed E-state index contributed by atoms with van der Waals surface area (Å²) in [6.07, 6.45) is 21.3. The van der Waals surface area contributed by atoms with Crippen molar-refractivity contribution < 1.29 is 19.4 Å². The average Bonchev–Trinajstić information content (AvgIpc) is 2.66. The van der Waals surface area contributed by atoms with Crippen LogP contribution in [0.2, 0.25) is 0 Å². The van der Waals surface area contributed by atoms with Crippen LogP contribution in [0.4, 0.5) is 0 Å². The fourth-order valence-corrected chi connectivity index (χ4v) is 2.76. The minimum Gasteiger partial charge on any atom is -0.481 e. The molecule has 166 valence electrons. The van der Waals surface area contributed by atoms with Crippen LogP contribution in [0, 0.1) is 0 Å². The predicted octanol–water partition coefficient (Wildman–Crippen LogP) is 7.83. The summed E-state index contributed by atoms with van der Waals surface area (Å²) in [5.74, 6) is -0.982. The lowest BCUT2D eigenvalue weighted by atomic mass is 10.0. The Morgan fingerprint density at radius 1 is 0.750 bits per heavy atom. The predicted molar refractivity (Wildman–Crippen MR) is 120 cm³/mol. The van der Waals surface area contributed by atoms with Crippen molar-refractivity contribution in [1.29, 1.82) is 0 Å². The van der Waals surface area contributed by atoms with Crippen molar-refractivity contribution in [2.45, 2.75) is 117 Å². The van der Waals surface area contributed by atoms with Gasteiger partial charge in [-0.3, -0.25) is 9.59 Å². The van der Waals surface area contributed by atoms with E-state index in [9.17, 15) is 9.59 Å². The molecule has 0 saturated heterocycles. The van der Waals surface area contributed by atoms with Gasteiger partial charge in [0.15, 0.2) is 0 Å². The Morgan fingerprint density at radius 2 is 1.07 bits per heavy atom. The van der Waals surface area contributed by atoms with Crippen molar-refractivity contribution in [2.24, 2.45) is 0 Å². The summed E-state index contributed by atoms with van der Waals surface area (Å²) < 4.78 is 4.17. The first-order valence-electron chi connectivity index (χ1n) is 11.0. The second-order valence-corrected chi connectivity index (χ2v) is 6.87. The van der Waals surface area contributed by atoms with E-state index in [0.717, 1.165) is 19.1 Å². The molecule has 0 aliphatic heterocycles. The molecule has 0 aromatic rings. The number of hydrogen-bond acceptors (Lipinski definition) is 3. The molecule has 1 N–H and O–H groups in total. The van der Waals surface area contributed by atoms with Gasteiger partial charge in [-0.2, -0.15) is 0 Å². The van der Waals surface area contributed by atoms with Gasteiger partial charge in [0.1, 0.15) is 0 Å². The third kappa shape index (κ3) is 39.5. The molecule has 0 amide bonds. The van der Waals surface area contributed by atoms with E-state index >= 15 is 0 Å². The van der Waals surface area contributed by atoms with Gasteiger partial charge in [-0.15, -0.1) is 13.2 Å². The molecular weight excluding hydrogens is 352 g/mol. The standard InChI is InChI=1S/C18H36O2.C4H6O2.C2H4/c1-2-3-4-5-6-7-8-9-10-11-12-13-14-15-16-17-18(19)20;1-3-6-4(2)5;1-2/h2-17H2,1H3,(H,19,20);3H,1H2,2H3;1-2H2. The van der Waals surface area contributed by atoms with E-state index in [1.165, 1.54) is 90.4 Å². The summed E-state index contributed by atoms with van der Waals surface area (Å²) in [6, 6.07) is 0. The molecule has 0 aliphatic rings. The molecule has 28 heavy (non-hydrogen) atoms. The molecule has 0 saturated carbocycles. The van der Waals surface area contributed by atoms with Crippen molar-refractivity contribution in [3.05, 3.63) is 26.0 Å². The maximum atomic E-state index is 10.3. The highest BCUT2D eigenvalue weighted by atomic mass is 16.5. The molecule has 4 heteroatoms. The number of carbonyl (C=O) groups excluding carboxylic acids is 1. The molecule has 4 nitrogen and oxygen atoms in total. The summed E-state index contributed by atoms with van der Waals surface area (Å²) >= 11 is 0. The monoisotopic (exact) mass is 398 g/mol. The minimum absolute atomic E-state index is 0.329. The molecule has 0 unspecified atom stereocenters. The van der Waals surface area contributed by atoms with E-state index in [1.807, 2.05) is 0 Å². The van der Waals surface area contributed by atoms with E-state index in [1.54, 1.807) is 0 Å². The second-order valence-electron chi connectivity index (χ2n) is 6.87. The topological polar surface area (TPSA) is 63.6 Å². The van der Waals surface area contributed by atoms with Crippen molar-refractivity contribution in [1.82, 2.24) is 0 Å². The molecule has 0 rings (SSSR count). The number of aliphatic carboxylic acids is 1. The lowest BCUT2D eigenvalue weighted by Crippen LogP contribution is -1.93. The Morgan fingerprint density at radius 3 is 1.29 bits per heavy atom. The average molecular weight is 399 g/mol. The Hall–Kier alpha value is -1.58. The van der Waals surface area contributed by atoms with Crippen LogP contribution in [0.15, 0.2) is 26.0 Å². The van der Waals surface area contributed by atoms with Gasteiger partial charge < -0.3 is 9.84 Å². The number of esters is 1. The Balaban J connectivity index is -0.000000660. The van der Waals surface area contributed by atoms with E-state index in [2.05, 4.69) is 31.4 Å². The fraction of sp³-hybridized carbons (Fsp3) is 0.750. The summed E-state index contributed by atoms with van der Waals surface area (Å²) in [5, 5.41) is 8.52. The summed E-state index contributed by atoms with van der Waals surface area (Å²) in [7, 11) is 0. The van der Waals surface area contributed by atoms with Crippen LogP contribution >= 0.6 is 0 Å². The highest BCUT2D eigenvalue weighted by Gasteiger charge is 1.97. The molecular formula is C24H46O4. The van der Waals surface area contributed by atoms with Gasteiger partial charge in [-0.1, -0.05) is 103 Å². The lowest BCUT2D eigenvalue weighted by Gasteiger charge is -2.03. The zero-order valence-corrected chi connectivity index (χ0v) is 18.7. The Kier molecular flexibility index (Phi) is 33.5. The second kappa shape index (κ2) is 30.2. The number of carbonyl (C=O) groups is 2. The number of hydrogen-bond donors (Lipinski definition) is 1.